The van der Waals surface area contributed by atoms with E-state index in [4.69, 9.17) is 0 Å². The van der Waals surface area contributed by atoms with Crippen LogP contribution in [0.3, 0.4) is 0 Å². The molecule has 2 atom stereocenters. The van der Waals surface area contributed by atoms with Gasteiger partial charge in [-0.05, 0) is 19.3 Å². The largest absolute Gasteiger partial charge is 0.351 e. The molecule has 1 aliphatic carbocycles. The predicted octanol–water partition coefficient (Wildman–Crippen LogP) is 1.50. The SMILES string of the molecule is CCC(=O)NC1CCCC1n1ccnc1. The molecule has 4 nitrogen and oxygen atoms in total. The van der Waals surface area contributed by atoms with Gasteiger partial charge in [0.1, 0.15) is 0 Å². The fraction of sp³-hybridized carbons (Fsp3) is 0.636. The van der Waals surface area contributed by atoms with Crippen molar-refractivity contribution < 1.29 is 4.79 Å². The first-order valence-electron chi connectivity index (χ1n) is 5.58. The topological polar surface area (TPSA) is 46.9 Å². The summed E-state index contributed by atoms with van der Waals surface area (Å²) >= 11 is 0. The zero-order chi connectivity index (χ0) is 10.7. The maximum absolute atomic E-state index is 11.3. The number of rotatable bonds is 3. The molecule has 1 fully saturated rings. The summed E-state index contributed by atoms with van der Waals surface area (Å²) in [5.74, 6) is 0.145. The Morgan fingerprint density at radius 1 is 1.60 bits per heavy atom. The molecular formula is C11H17N3O. The fourth-order valence-corrected chi connectivity index (χ4v) is 2.24. The highest BCUT2D eigenvalue weighted by molar-refractivity contribution is 5.75. The lowest BCUT2D eigenvalue weighted by atomic mass is 10.1. The van der Waals surface area contributed by atoms with Crippen LogP contribution < -0.4 is 5.32 Å². The highest BCUT2D eigenvalue weighted by Gasteiger charge is 2.28. The van der Waals surface area contributed by atoms with Gasteiger partial charge in [-0.3, -0.25) is 4.79 Å². The number of nitrogens with zero attached hydrogens (tertiary/aromatic N) is 2. The summed E-state index contributed by atoms with van der Waals surface area (Å²) in [6.07, 6.45) is 9.55. The molecule has 0 aromatic carbocycles. The van der Waals surface area contributed by atoms with Gasteiger partial charge in [-0.1, -0.05) is 6.92 Å². The lowest BCUT2D eigenvalue weighted by Crippen LogP contribution is -2.37. The van der Waals surface area contributed by atoms with Gasteiger partial charge in [-0.15, -0.1) is 0 Å². The highest BCUT2D eigenvalue weighted by Crippen LogP contribution is 2.29. The number of carbonyl (C=O) groups is 1. The van der Waals surface area contributed by atoms with E-state index >= 15 is 0 Å². The number of hydrogen-bond acceptors (Lipinski definition) is 2. The van der Waals surface area contributed by atoms with Gasteiger partial charge in [0.25, 0.3) is 0 Å². The average molecular weight is 207 g/mol. The monoisotopic (exact) mass is 207 g/mol. The van der Waals surface area contributed by atoms with Crippen molar-refractivity contribution in [1.29, 1.82) is 0 Å². The number of nitrogens with one attached hydrogen (secondary N) is 1. The molecular weight excluding hydrogens is 190 g/mol. The molecule has 1 aromatic heterocycles. The minimum absolute atomic E-state index is 0.145. The van der Waals surface area contributed by atoms with E-state index < -0.39 is 0 Å². The molecule has 1 aliphatic rings. The Kier molecular flexibility index (Phi) is 3.04. The second kappa shape index (κ2) is 4.47. The average Bonchev–Trinajstić information content (AvgIpc) is 2.86. The number of imidazole rings is 1. The van der Waals surface area contributed by atoms with E-state index in [0.29, 0.717) is 12.5 Å². The van der Waals surface area contributed by atoms with E-state index in [9.17, 15) is 4.79 Å². The number of amides is 1. The summed E-state index contributed by atoms with van der Waals surface area (Å²) in [6.45, 7) is 1.89. The van der Waals surface area contributed by atoms with Crippen LogP contribution in [-0.2, 0) is 4.79 Å². The van der Waals surface area contributed by atoms with Crippen LogP contribution in [0.4, 0.5) is 0 Å². The summed E-state index contributed by atoms with van der Waals surface area (Å²) in [5.41, 5.74) is 0. The summed E-state index contributed by atoms with van der Waals surface area (Å²) in [4.78, 5) is 15.4. The zero-order valence-electron chi connectivity index (χ0n) is 9.02. The Balaban J connectivity index is 2.02. The van der Waals surface area contributed by atoms with Gasteiger partial charge >= 0.3 is 0 Å². The van der Waals surface area contributed by atoms with Gasteiger partial charge in [-0.2, -0.15) is 0 Å². The third-order valence-electron chi connectivity index (χ3n) is 3.05. The van der Waals surface area contributed by atoms with Crippen molar-refractivity contribution in [3.05, 3.63) is 18.7 Å². The first-order chi connectivity index (χ1) is 7.31. The van der Waals surface area contributed by atoms with Crippen molar-refractivity contribution in [2.24, 2.45) is 0 Å². The van der Waals surface area contributed by atoms with Crippen LogP contribution in [0.1, 0.15) is 38.6 Å². The molecule has 15 heavy (non-hydrogen) atoms. The summed E-state index contributed by atoms with van der Waals surface area (Å²) in [6, 6.07) is 0.676. The Hall–Kier alpha value is -1.32. The molecule has 1 heterocycles. The molecule has 82 valence electrons. The Morgan fingerprint density at radius 3 is 3.13 bits per heavy atom. The second-order valence-corrected chi connectivity index (χ2v) is 4.04. The lowest BCUT2D eigenvalue weighted by Gasteiger charge is -2.21. The van der Waals surface area contributed by atoms with Crippen molar-refractivity contribution >= 4 is 5.91 Å². The maximum Gasteiger partial charge on any atom is 0.220 e. The Labute approximate surface area is 89.7 Å². The van der Waals surface area contributed by atoms with Gasteiger partial charge < -0.3 is 9.88 Å². The van der Waals surface area contributed by atoms with Crippen LogP contribution in [0.25, 0.3) is 0 Å². The minimum Gasteiger partial charge on any atom is -0.351 e. The van der Waals surface area contributed by atoms with Crippen LogP contribution in [0.5, 0.6) is 0 Å². The van der Waals surface area contributed by atoms with E-state index in [2.05, 4.69) is 14.9 Å². The fourth-order valence-electron chi connectivity index (χ4n) is 2.24. The van der Waals surface area contributed by atoms with Crippen LogP contribution in [-0.4, -0.2) is 21.5 Å². The smallest absolute Gasteiger partial charge is 0.220 e. The van der Waals surface area contributed by atoms with E-state index in [-0.39, 0.29) is 11.9 Å². The van der Waals surface area contributed by atoms with Crippen molar-refractivity contribution in [3.63, 3.8) is 0 Å². The molecule has 1 saturated carbocycles. The Morgan fingerprint density at radius 2 is 2.47 bits per heavy atom. The van der Waals surface area contributed by atoms with Crippen molar-refractivity contribution in [2.45, 2.75) is 44.7 Å². The number of hydrogen-bond donors (Lipinski definition) is 1. The van der Waals surface area contributed by atoms with E-state index in [0.717, 1.165) is 12.8 Å². The van der Waals surface area contributed by atoms with Gasteiger partial charge in [0, 0.05) is 24.9 Å². The van der Waals surface area contributed by atoms with Gasteiger partial charge in [-0.25, -0.2) is 4.98 Å². The van der Waals surface area contributed by atoms with Gasteiger partial charge in [0.15, 0.2) is 0 Å². The van der Waals surface area contributed by atoms with E-state index in [1.807, 2.05) is 19.4 Å². The van der Waals surface area contributed by atoms with Crippen LogP contribution >= 0.6 is 0 Å². The third kappa shape index (κ3) is 2.19. The zero-order valence-corrected chi connectivity index (χ0v) is 9.02. The molecule has 2 unspecified atom stereocenters. The summed E-state index contributed by atoms with van der Waals surface area (Å²) in [7, 11) is 0. The Bertz CT molecular complexity index is 321. The normalized spacial score (nSPS) is 25.4. The van der Waals surface area contributed by atoms with Crippen molar-refractivity contribution in [3.8, 4) is 0 Å². The standard InChI is InChI=1S/C11H17N3O/c1-2-11(15)13-9-4-3-5-10(9)14-7-6-12-8-14/h6-10H,2-5H2,1H3,(H,13,15). The first-order valence-corrected chi connectivity index (χ1v) is 5.58. The molecule has 1 N–H and O–H groups in total. The maximum atomic E-state index is 11.3. The molecule has 1 aromatic rings. The molecule has 0 aliphatic heterocycles. The van der Waals surface area contributed by atoms with E-state index in [1.54, 1.807) is 6.20 Å². The molecule has 0 bridgehead atoms. The number of aromatic nitrogens is 2. The quantitative estimate of drug-likeness (QED) is 0.816. The van der Waals surface area contributed by atoms with Gasteiger partial charge in [0.2, 0.25) is 5.91 Å². The predicted molar refractivity (Wildman–Crippen MR) is 57.3 cm³/mol. The van der Waals surface area contributed by atoms with Crippen molar-refractivity contribution in [2.75, 3.05) is 0 Å². The van der Waals surface area contributed by atoms with Crippen LogP contribution in [0.15, 0.2) is 18.7 Å². The molecule has 2 rings (SSSR count). The summed E-state index contributed by atoms with van der Waals surface area (Å²) in [5, 5.41) is 3.08. The second-order valence-electron chi connectivity index (χ2n) is 4.04. The van der Waals surface area contributed by atoms with Crippen molar-refractivity contribution in [1.82, 2.24) is 14.9 Å². The molecule has 1 amide bonds. The molecule has 4 heteroatoms. The lowest BCUT2D eigenvalue weighted by molar-refractivity contribution is -0.121. The highest BCUT2D eigenvalue weighted by atomic mass is 16.1. The van der Waals surface area contributed by atoms with Crippen LogP contribution in [0.2, 0.25) is 0 Å². The van der Waals surface area contributed by atoms with E-state index in [1.165, 1.54) is 6.42 Å². The minimum atomic E-state index is 0.145. The van der Waals surface area contributed by atoms with Gasteiger partial charge in [0.05, 0.1) is 12.4 Å². The third-order valence-corrected chi connectivity index (χ3v) is 3.05. The first kappa shape index (κ1) is 10.2. The number of carbonyl (C=O) groups excluding carboxylic acids is 1. The molecule has 0 spiro atoms. The molecule has 0 radical (unpaired) electrons. The summed E-state index contributed by atoms with van der Waals surface area (Å²) < 4.78 is 2.10. The molecule has 0 saturated heterocycles. The van der Waals surface area contributed by atoms with Crippen LogP contribution in [0, 0.1) is 0 Å².